The predicted molar refractivity (Wildman–Crippen MR) is 67.6 cm³/mol. The summed E-state index contributed by atoms with van der Waals surface area (Å²) in [6.07, 6.45) is 4.21. The molecule has 1 heterocycles. The Balaban J connectivity index is 2.14. The third-order valence-electron chi connectivity index (χ3n) is 3.72. The Hall–Kier alpha value is -1.54. The molecule has 1 saturated carbocycles. The molecule has 3 rings (SSSR count). The highest BCUT2D eigenvalue weighted by Gasteiger charge is 2.47. The number of hydrogen-bond acceptors (Lipinski definition) is 1. The monoisotopic (exact) mass is 227 g/mol. The second-order valence-corrected chi connectivity index (χ2v) is 4.91. The first-order valence-corrected chi connectivity index (χ1v) is 6.12. The van der Waals surface area contributed by atoms with E-state index in [9.17, 15) is 5.11 Å². The van der Waals surface area contributed by atoms with E-state index < -0.39 is 5.60 Å². The van der Waals surface area contributed by atoms with Crippen LogP contribution in [0, 0.1) is 5.92 Å². The maximum atomic E-state index is 11.1. The van der Waals surface area contributed by atoms with E-state index in [1.54, 1.807) is 0 Å². The maximum Gasteiger partial charge on any atom is 0.132 e. The third kappa shape index (κ3) is 1.60. The van der Waals surface area contributed by atoms with Gasteiger partial charge in [0.2, 0.25) is 0 Å². The zero-order chi connectivity index (χ0) is 11.9. The smallest absolute Gasteiger partial charge is 0.132 e. The molecule has 1 aliphatic carbocycles. The second-order valence-electron chi connectivity index (χ2n) is 4.91. The minimum Gasteiger partial charge on any atom is -0.379 e. The van der Waals surface area contributed by atoms with Crippen LogP contribution in [0.4, 0.5) is 0 Å². The lowest BCUT2D eigenvalue weighted by atomic mass is 9.85. The predicted octanol–water partition coefficient (Wildman–Crippen LogP) is 2.67. The summed E-state index contributed by atoms with van der Waals surface area (Å²) in [5.74, 6) is 0.360. The fourth-order valence-corrected chi connectivity index (χ4v) is 2.64. The molecule has 0 amide bonds. The fraction of sp³-hybridized carbons (Fsp3) is 0.333. The van der Waals surface area contributed by atoms with Gasteiger partial charge in [-0.25, -0.2) is 0 Å². The van der Waals surface area contributed by atoms with Crippen molar-refractivity contribution in [2.24, 2.45) is 13.0 Å². The van der Waals surface area contributed by atoms with Crippen LogP contribution >= 0.6 is 0 Å². The van der Waals surface area contributed by atoms with Gasteiger partial charge in [-0.15, -0.1) is 0 Å². The molecular formula is C15H17NO. The van der Waals surface area contributed by atoms with Gasteiger partial charge in [0.1, 0.15) is 5.60 Å². The van der Waals surface area contributed by atoms with Gasteiger partial charge in [-0.1, -0.05) is 30.3 Å². The number of benzene rings is 1. The number of aromatic nitrogens is 1. The minimum atomic E-state index is -0.820. The Labute approximate surface area is 102 Å². The van der Waals surface area contributed by atoms with Crippen LogP contribution in [-0.4, -0.2) is 9.67 Å². The van der Waals surface area contributed by atoms with Crippen LogP contribution in [0.15, 0.2) is 48.7 Å². The normalized spacial score (nSPS) is 18.9. The molecule has 0 saturated heterocycles. The molecule has 0 bridgehead atoms. The molecule has 1 aromatic heterocycles. The molecule has 0 aliphatic heterocycles. The molecular weight excluding hydrogens is 210 g/mol. The van der Waals surface area contributed by atoms with E-state index >= 15 is 0 Å². The van der Waals surface area contributed by atoms with Gasteiger partial charge in [0.05, 0.1) is 5.69 Å². The summed E-state index contributed by atoms with van der Waals surface area (Å²) in [5, 5.41) is 11.1. The number of aliphatic hydroxyl groups is 1. The van der Waals surface area contributed by atoms with Crippen LogP contribution < -0.4 is 0 Å². The van der Waals surface area contributed by atoms with Gasteiger partial charge in [0.25, 0.3) is 0 Å². The summed E-state index contributed by atoms with van der Waals surface area (Å²) in [7, 11) is 1.99. The molecule has 1 aliphatic rings. The van der Waals surface area contributed by atoms with Crippen LogP contribution in [-0.2, 0) is 12.6 Å². The van der Waals surface area contributed by atoms with Crippen molar-refractivity contribution in [3.05, 3.63) is 59.9 Å². The summed E-state index contributed by atoms with van der Waals surface area (Å²) < 4.78 is 2.02. The molecule has 88 valence electrons. The zero-order valence-corrected chi connectivity index (χ0v) is 10.0. The van der Waals surface area contributed by atoms with Crippen LogP contribution in [0.25, 0.3) is 0 Å². The van der Waals surface area contributed by atoms with E-state index in [0.29, 0.717) is 5.92 Å². The summed E-state index contributed by atoms with van der Waals surface area (Å²) >= 11 is 0. The van der Waals surface area contributed by atoms with Crippen LogP contribution in [0.5, 0.6) is 0 Å². The fourth-order valence-electron chi connectivity index (χ4n) is 2.64. The number of aryl methyl sites for hydroxylation is 1. The van der Waals surface area contributed by atoms with Crippen LogP contribution in [0.1, 0.15) is 24.1 Å². The molecule has 17 heavy (non-hydrogen) atoms. The van der Waals surface area contributed by atoms with E-state index in [1.165, 1.54) is 0 Å². The average Bonchev–Trinajstić information content (AvgIpc) is 3.13. The quantitative estimate of drug-likeness (QED) is 0.856. The number of hydrogen-bond donors (Lipinski definition) is 1. The topological polar surface area (TPSA) is 25.2 Å². The molecule has 1 fully saturated rings. The first-order valence-electron chi connectivity index (χ1n) is 6.12. The Kier molecular flexibility index (Phi) is 2.33. The Morgan fingerprint density at radius 1 is 1.12 bits per heavy atom. The Morgan fingerprint density at radius 2 is 1.82 bits per heavy atom. The van der Waals surface area contributed by atoms with Crippen molar-refractivity contribution in [3.8, 4) is 0 Å². The summed E-state index contributed by atoms with van der Waals surface area (Å²) in [5.41, 5.74) is 1.18. The van der Waals surface area contributed by atoms with Gasteiger partial charge < -0.3 is 9.67 Å². The van der Waals surface area contributed by atoms with E-state index in [1.807, 2.05) is 60.3 Å². The van der Waals surface area contributed by atoms with Crippen molar-refractivity contribution in [2.75, 3.05) is 0 Å². The van der Waals surface area contributed by atoms with Crippen molar-refractivity contribution in [3.63, 3.8) is 0 Å². The summed E-state index contributed by atoms with van der Waals surface area (Å²) in [6.45, 7) is 0. The van der Waals surface area contributed by atoms with Gasteiger partial charge in [0, 0.05) is 13.2 Å². The lowest BCUT2D eigenvalue weighted by molar-refractivity contribution is 0.0491. The molecule has 2 heteroatoms. The highest BCUT2D eigenvalue weighted by atomic mass is 16.3. The van der Waals surface area contributed by atoms with Gasteiger partial charge in [-0.2, -0.15) is 0 Å². The molecule has 0 unspecified atom stereocenters. The van der Waals surface area contributed by atoms with Crippen molar-refractivity contribution in [2.45, 2.75) is 18.4 Å². The second kappa shape index (κ2) is 3.74. The number of nitrogens with zero attached hydrogens (tertiary/aromatic N) is 1. The Bertz CT molecular complexity index is 513. The van der Waals surface area contributed by atoms with Gasteiger partial charge in [-0.05, 0) is 36.5 Å². The van der Waals surface area contributed by atoms with Crippen LogP contribution in [0.3, 0.4) is 0 Å². The molecule has 1 N–H and O–H groups in total. The molecule has 2 nitrogen and oxygen atoms in total. The van der Waals surface area contributed by atoms with E-state index in [-0.39, 0.29) is 0 Å². The first-order chi connectivity index (χ1) is 8.23. The largest absolute Gasteiger partial charge is 0.379 e. The molecule has 1 atom stereocenters. The Morgan fingerprint density at radius 3 is 2.35 bits per heavy atom. The molecule has 1 aromatic carbocycles. The highest BCUT2D eigenvalue weighted by molar-refractivity contribution is 5.35. The van der Waals surface area contributed by atoms with Gasteiger partial charge in [0.15, 0.2) is 0 Å². The van der Waals surface area contributed by atoms with Gasteiger partial charge in [-0.3, -0.25) is 0 Å². The lowest BCUT2D eigenvalue weighted by Gasteiger charge is -2.29. The molecule has 0 spiro atoms. The van der Waals surface area contributed by atoms with E-state index in [4.69, 9.17) is 0 Å². The van der Waals surface area contributed by atoms with Gasteiger partial charge >= 0.3 is 0 Å². The third-order valence-corrected chi connectivity index (χ3v) is 3.72. The standard InChI is InChI=1S/C15H17NO/c1-16-11-5-8-14(16)15(17,13-9-10-13)12-6-3-2-4-7-12/h2-8,11,13,17H,9-10H2,1H3/t15-/m1/s1. The SMILES string of the molecule is Cn1cccc1[C@@](O)(c1ccccc1)C1CC1. The van der Waals surface area contributed by atoms with Crippen molar-refractivity contribution >= 4 is 0 Å². The van der Waals surface area contributed by atoms with Crippen molar-refractivity contribution in [1.29, 1.82) is 0 Å². The van der Waals surface area contributed by atoms with Crippen LogP contribution in [0.2, 0.25) is 0 Å². The van der Waals surface area contributed by atoms with Crippen molar-refractivity contribution < 1.29 is 5.11 Å². The van der Waals surface area contributed by atoms with Crippen molar-refractivity contribution in [1.82, 2.24) is 4.57 Å². The molecule has 0 radical (unpaired) electrons. The average molecular weight is 227 g/mol. The number of rotatable bonds is 3. The first kappa shape index (κ1) is 10.6. The highest BCUT2D eigenvalue weighted by Crippen LogP contribution is 2.49. The summed E-state index contributed by atoms with van der Waals surface area (Å²) in [4.78, 5) is 0. The lowest BCUT2D eigenvalue weighted by Crippen LogP contribution is -2.32. The van der Waals surface area contributed by atoms with E-state index in [0.717, 1.165) is 24.1 Å². The van der Waals surface area contributed by atoms with E-state index in [2.05, 4.69) is 0 Å². The molecule has 2 aromatic rings. The minimum absolute atomic E-state index is 0.360. The zero-order valence-electron chi connectivity index (χ0n) is 10.0. The maximum absolute atomic E-state index is 11.1. The summed E-state index contributed by atoms with van der Waals surface area (Å²) in [6, 6.07) is 14.0.